The largest absolute Gasteiger partial charge is 0.385 e. The van der Waals surface area contributed by atoms with Gasteiger partial charge in [0, 0.05) is 48.2 Å². The van der Waals surface area contributed by atoms with Crippen molar-refractivity contribution in [1.82, 2.24) is 0 Å². The van der Waals surface area contributed by atoms with Crippen LogP contribution in [0.1, 0.15) is 47.8 Å². The molecule has 0 atom stereocenters. The monoisotopic (exact) mass is 467 g/mol. The number of nitrogens with zero attached hydrogens (tertiary/aromatic N) is 1. The molecule has 0 amide bonds. The van der Waals surface area contributed by atoms with Gasteiger partial charge in [-0.05, 0) is 57.0 Å². The van der Waals surface area contributed by atoms with E-state index in [9.17, 15) is 4.79 Å². The first kappa shape index (κ1) is 31.3. The topological polar surface area (TPSA) is 99.6 Å². The van der Waals surface area contributed by atoms with Crippen LogP contribution in [0.15, 0.2) is 40.1 Å². The fourth-order valence-electron chi connectivity index (χ4n) is 2.36. The first-order valence-electron chi connectivity index (χ1n) is 9.87. The number of thioether (sulfide) groups is 1. The van der Waals surface area contributed by atoms with Gasteiger partial charge in [-0.1, -0.05) is 43.3 Å². The lowest BCUT2D eigenvalue weighted by Crippen LogP contribution is -2.25. The number of aryl methyl sites for hydroxylation is 3. The Labute approximate surface area is 196 Å². The quantitative estimate of drug-likeness (QED) is 0.0864. The molecule has 0 aliphatic rings. The van der Waals surface area contributed by atoms with E-state index in [4.69, 9.17) is 15.8 Å². The van der Waals surface area contributed by atoms with Crippen LogP contribution in [-0.4, -0.2) is 37.1 Å². The van der Waals surface area contributed by atoms with Crippen LogP contribution < -0.4 is 10.9 Å². The number of anilines is 1. The molecule has 0 spiro atoms. The van der Waals surface area contributed by atoms with Gasteiger partial charge in [0.05, 0.1) is 11.2 Å². The summed E-state index contributed by atoms with van der Waals surface area (Å²) in [7, 11) is 3.39. The van der Waals surface area contributed by atoms with E-state index >= 15 is 0 Å². The van der Waals surface area contributed by atoms with Gasteiger partial charge in [0.25, 0.3) is 0 Å². The minimum atomic E-state index is 0.583. The lowest BCUT2D eigenvalue weighted by molar-refractivity contribution is 0.112. The zero-order valence-electron chi connectivity index (χ0n) is 19.9. The lowest BCUT2D eigenvalue weighted by atomic mass is 10.1. The van der Waals surface area contributed by atoms with Gasteiger partial charge < -0.3 is 19.7 Å². The standard InChI is InChI=1S/C9H11N3OS.C9H12OS.C3H8O.C2H6/c1-12(11)8-3-2-7(5-13)4-9(8)14-6-10;1-6-4-7(2)9(11-10)8(3)5-6;1-3-4-2;1-2/h2-6,10H,11H2,1H3;4-5,10H,1-3H3;3H2,1-2H3;1-2H3. The second-order valence-corrected chi connectivity index (χ2v) is 7.59. The molecular weight excluding hydrogens is 430 g/mol. The van der Waals surface area contributed by atoms with Crippen molar-refractivity contribution in [3.05, 3.63) is 52.6 Å². The van der Waals surface area contributed by atoms with Crippen molar-refractivity contribution < 1.29 is 14.1 Å². The third-order valence-electron chi connectivity index (χ3n) is 3.67. The maximum atomic E-state index is 10.5. The van der Waals surface area contributed by atoms with Crippen LogP contribution in [0.4, 0.5) is 5.69 Å². The Balaban J connectivity index is 0. The third kappa shape index (κ3) is 12.6. The molecule has 174 valence electrons. The van der Waals surface area contributed by atoms with Gasteiger partial charge in [-0.15, -0.1) is 0 Å². The molecule has 0 unspecified atom stereocenters. The van der Waals surface area contributed by atoms with Gasteiger partial charge in [-0.2, -0.15) is 0 Å². The molecule has 0 fully saturated rings. The summed E-state index contributed by atoms with van der Waals surface area (Å²) in [6.07, 6.45) is 0.772. The molecule has 4 N–H and O–H groups in total. The van der Waals surface area contributed by atoms with Crippen LogP contribution in [-0.2, 0) is 4.74 Å². The van der Waals surface area contributed by atoms with E-state index in [2.05, 4.69) is 23.8 Å². The number of hydrogen-bond acceptors (Lipinski definition) is 8. The molecule has 0 aromatic heterocycles. The van der Waals surface area contributed by atoms with E-state index < -0.39 is 0 Å². The maximum Gasteiger partial charge on any atom is 0.150 e. The van der Waals surface area contributed by atoms with E-state index in [1.807, 2.05) is 34.6 Å². The normalized spacial score (nSPS) is 9.10. The minimum absolute atomic E-state index is 0.583. The molecular formula is C23H37N3O3S2. The summed E-state index contributed by atoms with van der Waals surface area (Å²) >= 11 is 2.05. The number of hydrogen-bond donors (Lipinski definition) is 3. The molecule has 2 aromatic rings. The molecule has 0 saturated heterocycles. The summed E-state index contributed by atoms with van der Waals surface area (Å²) < 4.78 is 13.4. The van der Waals surface area contributed by atoms with E-state index in [1.54, 1.807) is 32.4 Å². The number of ether oxygens (including phenoxy) is 1. The third-order valence-corrected chi connectivity index (χ3v) is 5.20. The smallest absolute Gasteiger partial charge is 0.150 e. The molecule has 0 heterocycles. The molecule has 0 aliphatic heterocycles. The zero-order chi connectivity index (χ0) is 24.4. The highest BCUT2D eigenvalue weighted by Gasteiger charge is 2.05. The molecule has 2 aromatic carbocycles. The SMILES string of the molecule is CC.CCOC.CN(N)c1ccc(C=O)cc1SC=N.Cc1cc(C)c(SO)c(C)c1. The second kappa shape index (κ2) is 18.9. The van der Waals surface area contributed by atoms with E-state index in [0.717, 1.165) is 51.5 Å². The molecule has 6 nitrogen and oxygen atoms in total. The minimum Gasteiger partial charge on any atom is -0.385 e. The number of rotatable bonds is 6. The molecule has 0 aliphatic carbocycles. The van der Waals surface area contributed by atoms with Gasteiger partial charge >= 0.3 is 0 Å². The first-order chi connectivity index (χ1) is 14.7. The summed E-state index contributed by atoms with van der Waals surface area (Å²) in [5, 5.41) is 8.45. The Morgan fingerprint density at radius 3 is 2.03 bits per heavy atom. The number of nitrogens with one attached hydrogen (secondary N) is 1. The van der Waals surface area contributed by atoms with E-state index in [1.165, 1.54) is 27.9 Å². The molecule has 0 bridgehead atoms. The number of nitrogens with two attached hydrogens (primary N) is 1. The van der Waals surface area contributed by atoms with Crippen LogP contribution in [0.2, 0.25) is 0 Å². The van der Waals surface area contributed by atoms with Gasteiger partial charge in [-0.25, -0.2) is 5.84 Å². The number of carbonyl (C=O) groups excluding carboxylic acids is 1. The van der Waals surface area contributed by atoms with Crippen molar-refractivity contribution in [3.8, 4) is 0 Å². The Morgan fingerprint density at radius 1 is 1.16 bits per heavy atom. The van der Waals surface area contributed by atoms with Crippen molar-refractivity contribution in [2.75, 3.05) is 25.8 Å². The lowest BCUT2D eigenvalue weighted by Gasteiger charge is -2.15. The van der Waals surface area contributed by atoms with Gasteiger partial charge in [0.2, 0.25) is 0 Å². The van der Waals surface area contributed by atoms with Crippen LogP contribution in [0.3, 0.4) is 0 Å². The highest BCUT2D eigenvalue weighted by molar-refractivity contribution is 8.12. The fraction of sp³-hybridized carbons (Fsp3) is 0.391. The van der Waals surface area contributed by atoms with Crippen LogP contribution in [0.5, 0.6) is 0 Å². The molecule has 0 radical (unpaired) electrons. The highest BCUT2D eigenvalue weighted by Crippen LogP contribution is 2.27. The first-order valence-corrected chi connectivity index (χ1v) is 11.5. The highest BCUT2D eigenvalue weighted by atomic mass is 32.2. The van der Waals surface area contributed by atoms with Crippen molar-refractivity contribution in [3.63, 3.8) is 0 Å². The van der Waals surface area contributed by atoms with Crippen LogP contribution >= 0.6 is 23.8 Å². The molecule has 31 heavy (non-hydrogen) atoms. The van der Waals surface area contributed by atoms with Crippen molar-refractivity contribution in [2.45, 2.75) is 51.3 Å². The predicted octanol–water partition coefficient (Wildman–Crippen LogP) is 6.36. The van der Waals surface area contributed by atoms with Crippen molar-refractivity contribution >= 4 is 41.3 Å². The average Bonchev–Trinajstić information content (AvgIpc) is 2.75. The molecule has 0 saturated carbocycles. The number of methoxy groups -OCH3 is 1. The van der Waals surface area contributed by atoms with Crippen LogP contribution in [0, 0.1) is 26.2 Å². The Morgan fingerprint density at radius 2 is 1.68 bits per heavy atom. The number of aldehydes is 1. The van der Waals surface area contributed by atoms with Crippen LogP contribution in [0.25, 0.3) is 0 Å². The second-order valence-electron chi connectivity index (χ2n) is 6.09. The molecule has 2 rings (SSSR count). The van der Waals surface area contributed by atoms with Crippen molar-refractivity contribution in [2.24, 2.45) is 5.84 Å². The Kier molecular flexibility index (Phi) is 19.1. The molecule has 8 heteroatoms. The Bertz CT molecular complexity index is 760. The number of benzene rings is 2. The van der Waals surface area contributed by atoms with Crippen molar-refractivity contribution in [1.29, 1.82) is 5.41 Å². The van der Waals surface area contributed by atoms with Gasteiger partial charge in [0.15, 0.2) is 0 Å². The summed E-state index contributed by atoms with van der Waals surface area (Å²) in [5.41, 5.74) is 6.13. The van der Waals surface area contributed by atoms with E-state index in [-0.39, 0.29) is 0 Å². The summed E-state index contributed by atoms with van der Waals surface area (Å²) in [6.45, 7) is 12.9. The number of carbonyl (C=O) groups is 1. The zero-order valence-corrected chi connectivity index (χ0v) is 21.5. The Hall–Kier alpha value is -1.84. The average molecular weight is 468 g/mol. The van der Waals surface area contributed by atoms with Gasteiger partial charge in [-0.3, -0.25) is 4.79 Å². The predicted molar refractivity (Wildman–Crippen MR) is 137 cm³/mol. The number of hydrazine groups is 1. The summed E-state index contributed by atoms with van der Waals surface area (Å²) in [6, 6.07) is 9.31. The maximum absolute atomic E-state index is 10.5. The summed E-state index contributed by atoms with van der Waals surface area (Å²) in [5.74, 6) is 5.59. The van der Waals surface area contributed by atoms with E-state index in [0.29, 0.717) is 5.56 Å². The fourth-order valence-corrected chi connectivity index (χ4v) is 3.43. The van der Waals surface area contributed by atoms with Gasteiger partial charge in [0.1, 0.15) is 6.29 Å². The summed E-state index contributed by atoms with van der Waals surface area (Å²) in [4.78, 5) is 12.3.